The maximum atomic E-state index is 12.6. The van der Waals surface area contributed by atoms with Gasteiger partial charge >= 0.3 is 0 Å². The van der Waals surface area contributed by atoms with Gasteiger partial charge in [0.15, 0.2) is 5.60 Å². The Morgan fingerprint density at radius 3 is 2.57 bits per heavy atom. The Bertz CT molecular complexity index is 364. The molecule has 4 heteroatoms. The maximum Gasteiger partial charge on any atom is 0.255 e. The third-order valence-corrected chi connectivity index (χ3v) is 5.45. The van der Waals surface area contributed by atoms with Crippen molar-refractivity contribution in [3.8, 4) is 0 Å². The molecule has 0 spiro atoms. The van der Waals surface area contributed by atoms with E-state index in [0.717, 1.165) is 32.0 Å². The predicted molar refractivity (Wildman–Crippen MR) is 82.9 cm³/mol. The van der Waals surface area contributed by atoms with Crippen molar-refractivity contribution in [3.05, 3.63) is 0 Å². The summed E-state index contributed by atoms with van der Waals surface area (Å²) in [6.07, 6.45) is 10.6. The Morgan fingerprint density at radius 2 is 1.86 bits per heavy atom. The molecule has 1 atom stereocenters. The molecule has 1 saturated heterocycles. The summed E-state index contributed by atoms with van der Waals surface area (Å²) in [5, 5.41) is 14.0. The molecule has 2 N–H and O–H groups in total. The van der Waals surface area contributed by atoms with E-state index in [1.807, 2.05) is 4.90 Å². The number of nitrogens with one attached hydrogen (secondary N) is 1. The summed E-state index contributed by atoms with van der Waals surface area (Å²) < 4.78 is 0. The van der Waals surface area contributed by atoms with E-state index in [4.69, 9.17) is 0 Å². The Hall–Kier alpha value is -0.610. The standard InChI is InChI=1S/C17H30N2O2/c20-16-17(21,13-18-11-14-7-8-14)9-4-10-19(16)12-15-5-2-1-3-6-15/h14-15,18,21H,1-13H2/t17-/m1/s1. The van der Waals surface area contributed by atoms with Gasteiger partial charge in [-0.25, -0.2) is 0 Å². The SMILES string of the molecule is O=C1N(CC2CCCCC2)CCC[C@@]1(O)CNCC1CC1. The molecule has 0 aromatic rings. The average molecular weight is 294 g/mol. The van der Waals surface area contributed by atoms with Crippen LogP contribution in [0.4, 0.5) is 0 Å². The van der Waals surface area contributed by atoms with Crippen LogP contribution in [0.2, 0.25) is 0 Å². The van der Waals surface area contributed by atoms with Crippen LogP contribution in [0.1, 0.15) is 57.8 Å². The lowest BCUT2D eigenvalue weighted by atomic mass is 9.86. The molecule has 3 fully saturated rings. The summed E-state index contributed by atoms with van der Waals surface area (Å²) in [6.45, 7) is 3.09. The molecule has 120 valence electrons. The van der Waals surface area contributed by atoms with Crippen LogP contribution in [-0.2, 0) is 4.79 Å². The molecular weight excluding hydrogens is 264 g/mol. The molecule has 0 bridgehead atoms. The summed E-state index contributed by atoms with van der Waals surface area (Å²) in [7, 11) is 0. The number of carbonyl (C=O) groups is 1. The Labute approximate surface area is 128 Å². The molecule has 1 amide bonds. The van der Waals surface area contributed by atoms with Crippen molar-refractivity contribution in [2.45, 2.75) is 63.4 Å². The lowest BCUT2D eigenvalue weighted by molar-refractivity contribution is -0.157. The minimum absolute atomic E-state index is 0.0254. The fourth-order valence-electron chi connectivity index (χ4n) is 3.89. The van der Waals surface area contributed by atoms with E-state index < -0.39 is 5.60 Å². The monoisotopic (exact) mass is 294 g/mol. The van der Waals surface area contributed by atoms with Gasteiger partial charge in [-0.05, 0) is 56.9 Å². The van der Waals surface area contributed by atoms with Gasteiger partial charge in [-0.2, -0.15) is 0 Å². The highest BCUT2D eigenvalue weighted by Gasteiger charge is 2.42. The van der Waals surface area contributed by atoms with Gasteiger partial charge in [0.05, 0.1) is 0 Å². The smallest absolute Gasteiger partial charge is 0.255 e. The van der Waals surface area contributed by atoms with Crippen molar-refractivity contribution in [3.63, 3.8) is 0 Å². The first-order valence-corrected chi connectivity index (χ1v) is 8.90. The molecule has 0 unspecified atom stereocenters. The van der Waals surface area contributed by atoms with Crippen LogP contribution in [0.5, 0.6) is 0 Å². The number of amides is 1. The fourth-order valence-corrected chi connectivity index (χ4v) is 3.89. The number of piperidine rings is 1. The highest BCUT2D eigenvalue weighted by atomic mass is 16.3. The zero-order valence-electron chi connectivity index (χ0n) is 13.1. The first kappa shape index (κ1) is 15.3. The number of aliphatic hydroxyl groups is 1. The zero-order valence-corrected chi connectivity index (χ0v) is 13.1. The number of rotatable bonds is 6. The first-order valence-electron chi connectivity index (χ1n) is 8.90. The van der Waals surface area contributed by atoms with Gasteiger partial charge in [-0.1, -0.05) is 19.3 Å². The van der Waals surface area contributed by atoms with Gasteiger partial charge in [0.25, 0.3) is 5.91 Å². The zero-order chi connectivity index (χ0) is 14.7. The van der Waals surface area contributed by atoms with E-state index in [2.05, 4.69) is 5.32 Å². The third-order valence-electron chi connectivity index (χ3n) is 5.45. The minimum atomic E-state index is -1.15. The van der Waals surface area contributed by atoms with E-state index in [1.165, 1.54) is 44.9 Å². The summed E-state index contributed by atoms with van der Waals surface area (Å²) in [5.74, 6) is 1.41. The Morgan fingerprint density at radius 1 is 1.10 bits per heavy atom. The molecule has 0 radical (unpaired) electrons. The van der Waals surface area contributed by atoms with Crippen LogP contribution in [0.3, 0.4) is 0 Å². The molecule has 0 aromatic heterocycles. The molecular formula is C17H30N2O2. The van der Waals surface area contributed by atoms with E-state index in [0.29, 0.717) is 18.9 Å². The van der Waals surface area contributed by atoms with Crippen molar-refractivity contribution in [1.82, 2.24) is 10.2 Å². The molecule has 1 heterocycles. The molecule has 3 rings (SSSR count). The molecule has 0 aromatic carbocycles. The van der Waals surface area contributed by atoms with Crippen molar-refractivity contribution < 1.29 is 9.90 Å². The number of nitrogens with zero attached hydrogens (tertiary/aromatic N) is 1. The maximum absolute atomic E-state index is 12.6. The van der Waals surface area contributed by atoms with Crippen LogP contribution in [0.15, 0.2) is 0 Å². The van der Waals surface area contributed by atoms with Crippen molar-refractivity contribution in [2.24, 2.45) is 11.8 Å². The van der Waals surface area contributed by atoms with E-state index in [1.54, 1.807) is 0 Å². The van der Waals surface area contributed by atoms with Crippen LogP contribution < -0.4 is 5.32 Å². The van der Waals surface area contributed by atoms with Crippen molar-refractivity contribution >= 4 is 5.91 Å². The molecule has 21 heavy (non-hydrogen) atoms. The fraction of sp³-hybridized carbons (Fsp3) is 0.941. The van der Waals surface area contributed by atoms with Crippen LogP contribution in [-0.4, -0.2) is 47.7 Å². The van der Waals surface area contributed by atoms with Gasteiger partial charge in [0.2, 0.25) is 0 Å². The molecule has 4 nitrogen and oxygen atoms in total. The second-order valence-electron chi connectivity index (χ2n) is 7.46. The number of hydrogen-bond donors (Lipinski definition) is 2. The Kier molecular flexibility index (Phi) is 4.85. The Balaban J connectivity index is 1.51. The predicted octanol–water partition coefficient (Wildman–Crippen LogP) is 1.92. The third kappa shape index (κ3) is 3.98. The van der Waals surface area contributed by atoms with Crippen molar-refractivity contribution in [2.75, 3.05) is 26.2 Å². The minimum Gasteiger partial charge on any atom is -0.379 e. The van der Waals surface area contributed by atoms with Gasteiger partial charge in [-0.15, -0.1) is 0 Å². The topological polar surface area (TPSA) is 52.6 Å². The lowest BCUT2D eigenvalue weighted by Gasteiger charge is -2.40. The van der Waals surface area contributed by atoms with Gasteiger partial charge < -0.3 is 15.3 Å². The summed E-state index contributed by atoms with van der Waals surface area (Å²) in [5.41, 5.74) is -1.15. The average Bonchev–Trinajstić information content (AvgIpc) is 3.30. The quantitative estimate of drug-likeness (QED) is 0.787. The van der Waals surface area contributed by atoms with Crippen LogP contribution in [0.25, 0.3) is 0 Å². The van der Waals surface area contributed by atoms with Crippen LogP contribution >= 0.6 is 0 Å². The summed E-state index contributed by atoms with van der Waals surface area (Å²) >= 11 is 0. The normalized spacial score (nSPS) is 31.7. The van der Waals surface area contributed by atoms with Gasteiger partial charge in [-0.3, -0.25) is 4.79 Å². The van der Waals surface area contributed by atoms with Gasteiger partial charge in [0, 0.05) is 19.6 Å². The summed E-state index contributed by atoms with van der Waals surface area (Å²) in [6, 6.07) is 0. The van der Waals surface area contributed by atoms with Gasteiger partial charge in [0.1, 0.15) is 0 Å². The van der Waals surface area contributed by atoms with E-state index >= 15 is 0 Å². The second-order valence-corrected chi connectivity index (χ2v) is 7.46. The molecule has 3 aliphatic rings. The van der Waals surface area contributed by atoms with Crippen molar-refractivity contribution in [1.29, 1.82) is 0 Å². The lowest BCUT2D eigenvalue weighted by Crippen LogP contribution is -2.58. The highest BCUT2D eigenvalue weighted by molar-refractivity contribution is 5.86. The largest absolute Gasteiger partial charge is 0.379 e. The number of carbonyl (C=O) groups excluding carboxylic acids is 1. The highest BCUT2D eigenvalue weighted by Crippen LogP contribution is 2.30. The van der Waals surface area contributed by atoms with Crippen LogP contribution in [0, 0.1) is 11.8 Å². The van der Waals surface area contributed by atoms with E-state index in [9.17, 15) is 9.90 Å². The molecule has 2 saturated carbocycles. The summed E-state index contributed by atoms with van der Waals surface area (Å²) in [4.78, 5) is 14.6. The molecule has 1 aliphatic heterocycles. The number of likely N-dealkylation sites (tertiary alicyclic amines) is 1. The number of hydrogen-bond acceptors (Lipinski definition) is 3. The molecule has 2 aliphatic carbocycles. The first-order chi connectivity index (χ1) is 10.2. The second kappa shape index (κ2) is 6.66. The van der Waals surface area contributed by atoms with E-state index in [-0.39, 0.29) is 5.91 Å².